The number of likely N-dealkylation sites (N-methyl/N-ethyl adjacent to an activating group) is 1. The van der Waals surface area contributed by atoms with Gasteiger partial charge in [-0.15, -0.1) is 5.10 Å². The third kappa shape index (κ3) is 4.70. The van der Waals surface area contributed by atoms with Crippen molar-refractivity contribution >= 4 is 28.9 Å². The Balaban J connectivity index is 1.36. The molecule has 1 aliphatic heterocycles. The lowest BCUT2D eigenvalue weighted by Crippen LogP contribution is -2.44. The predicted molar refractivity (Wildman–Crippen MR) is 138 cm³/mol. The molecule has 2 aromatic heterocycles. The highest BCUT2D eigenvalue weighted by atomic mass is 16.5. The summed E-state index contributed by atoms with van der Waals surface area (Å²) in [5.41, 5.74) is 4.33. The van der Waals surface area contributed by atoms with Gasteiger partial charge in [-0.1, -0.05) is 12.1 Å². The number of anilines is 3. The van der Waals surface area contributed by atoms with E-state index in [0.29, 0.717) is 5.95 Å². The third-order valence-corrected chi connectivity index (χ3v) is 6.61. The molecule has 0 spiro atoms. The number of carbonyl (C=O) groups excluding carboxylic acids is 1. The largest absolute Gasteiger partial charge is 0.497 e. The lowest BCUT2D eigenvalue weighted by atomic mass is 10.1. The summed E-state index contributed by atoms with van der Waals surface area (Å²) < 4.78 is 7.09. The molecule has 1 atom stereocenters. The molecular weight excluding hydrogens is 440 g/mol. The molecule has 3 heterocycles. The average Bonchev–Trinajstić information content (AvgIpc) is 3.57. The van der Waals surface area contributed by atoms with Crippen LogP contribution in [-0.2, 0) is 4.79 Å². The fourth-order valence-corrected chi connectivity index (χ4v) is 4.55. The lowest BCUT2D eigenvalue weighted by Gasteiger charge is -2.28. The van der Waals surface area contributed by atoms with Crippen LogP contribution in [-0.4, -0.2) is 58.7 Å². The molecular formula is C27H30N6O2. The second kappa shape index (κ2) is 9.76. The number of nitrogens with one attached hydrogen (secondary N) is 1. The van der Waals surface area contributed by atoms with Crippen LogP contribution in [0.1, 0.15) is 19.8 Å². The molecule has 35 heavy (non-hydrogen) atoms. The van der Waals surface area contributed by atoms with Crippen LogP contribution in [0.4, 0.5) is 17.3 Å². The molecule has 0 saturated carbocycles. The zero-order chi connectivity index (χ0) is 24.4. The number of likely N-dealkylation sites (tertiary alicyclic amines) is 1. The maximum atomic E-state index is 13.1. The first-order valence-electron chi connectivity index (χ1n) is 11.9. The van der Waals surface area contributed by atoms with E-state index in [1.807, 2.05) is 85.2 Å². The summed E-state index contributed by atoms with van der Waals surface area (Å²) in [6.45, 7) is 3.97. The van der Waals surface area contributed by atoms with Gasteiger partial charge in [-0.25, -0.2) is 4.52 Å². The Hall–Kier alpha value is -3.91. The van der Waals surface area contributed by atoms with Crippen LogP contribution in [0, 0.1) is 0 Å². The highest BCUT2D eigenvalue weighted by molar-refractivity contribution is 5.97. The van der Waals surface area contributed by atoms with Crippen LogP contribution in [0.2, 0.25) is 0 Å². The van der Waals surface area contributed by atoms with Crippen molar-refractivity contribution in [2.75, 3.05) is 37.5 Å². The summed E-state index contributed by atoms with van der Waals surface area (Å²) in [5.74, 6) is 1.39. The average molecular weight is 471 g/mol. The van der Waals surface area contributed by atoms with Gasteiger partial charge in [-0.05, 0) is 87.5 Å². The maximum Gasteiger partial charge on any atom is 0.247 e. The van der Waals surface area contributed by atoms with Crippen molar-refractivity contribution in [3.8, 4) is 17.0 Å². The van der Waals surface area contributed by atoms with E-state index in [4.69, 9.17) is 9.84 Å². The number of rotatable bonds is 7. The Morgan fingerprint density at radius 3 is 2.54 bits per heavy atom. The number of benzene rings is 2. The summed E-state index contributed by atoms with van der Waals surface area (Å²) in [4.78, 5) is 21.7. The smallest absolute Gasteiger partial charge is 0.247 e. The molecule has 0 bridgehead atoms. The van der Waals surface area contributed by atoms with Crippen LogP contribution in [0.15, 0.2) is 66.7 Å². The molecule has 180 valence electrons. The topological polar surface area (TPSA) is 75.0 Å². The van der Waals surface area contributed by atoms with E-state index in [9.17, 15) is 4.79 Å². The van der Waals surface area contributed by atoms with E-state index < -0.39 is 0 Å². The molecule has 1 saturated heterocycles. The van der Waals surface area contributed by atoms with Crippen molar-refractivity contribution in [2.24, 2.45) is 0 Å². The maximum absolute atomic E-state index is 13.1. The SMILES string of the molecule is COc1ccc(-c2cccc3nc(Nc4cccc(N(C)C(=O)C(C)N5CCCC5)c4)nn23)cc1. The standard InChI is InChI=1S/C27H30N6O2/c1-19(32-16-4-5-17-32)26(34)31(2)22-9-6-8-21(18-22)28-27-29-25-11-7-10-24(33(25)30-27)20-12-14-23(35-3)15-13-20/h6-15,18-19H,4-5,16-17H2,1-3H3,(H,28,30). The molecule has 0 radical (unpaired) electrons. The van der Waals surface area contributed by atoms with Gasteiger partial charge in [-0.2, -0.15) is 4.98 Å². The van der Waals surface area contributed by atoms with Crippen molar-refractivity contribution in [2.45, 2.75) is 25.8 Å². The molecule has 1 unspecified atom stereocenters. The molecule has 8 heteroatoms. The number of ether oxygens (including phenoxy) is 1. The number of aromatic nitrogens is 3. The zero-order valence-electron chi connectivity index (χ0n) is 20.3. The highest BCUT2D eigenvalue weighted by Gasteiger charge is 2.27. The van der Waals surface area contributed by atoms with E-state index in [0.717, 1.165) is 60.0 Å². The first-order chi connectivity index (χ1) is 17.0. The van der Waals surface area contributed by atoms with Crippen LogP contribution in [0.3, 0.4) is 0 Å². The Morgan fingerprint density at radius 1 is 1.06 bits per heavy atom. The minimum atomic E-state index is -0.129. The Kier molecular flexibility index (Phi) is 6.37. The number of methoxy groups -OCH3 is 1. The van der Waals surface area contributed by atoms with E-state index in [1.165, 1.54) is 0 Å². The molecule has 4 aromatic rings. The minimum absolute atomic E-state index is 0.0963. The van der Waals surface area contributed by atoms with Gasteiger partial charge in [0.25, 0.3) is 0 Å². The van der Waals surface area contributed by atoms with Gasteiger partial charge in [0.2, 0.25) is 11.9 Å². The number of fused-ring (bicyclic) bond motifs is 1. The van der Waals surface area contributed by atoms with Crippen LogP contribution in [0.5, 0.6) is 5.75 Å². The summed E-state index contributed by atoms with van der Waals surface area (Å²) in [6.07, 6.45) is 2.32. The monoisotopic (exact) mass is 470 g/mol. The van der Waals surface area contributed by atoms with Crippen molar-refractivity contribution < 1.29 is 9.53 Å². The van der Waals surface area contributed by atoms with E-state index in [2.05, 4.69) is 15.2 Å². The fraction of sp³-hybridized carbons (Fsp3) is 0.296. The van der Waals surface area contributed by atoms with Gasteiger partial charge in [-0.3, -0.25) is 9.69 Å². The zero-order valence-corrected chi connectivity index (χ0v) is 20.3. The third-order valence-electron chi connectivity index (χ3n) is 6.61. The van der Waals surface area contributed by atoms with Crippen molar-refractivity contribution in [1.29, 1.82) is 0 Å². The number of hydrogen-bond acceptors (Lipinski definition) is 6. The van der Waals surface area contributed by atoms with E-state index >= 15 is 0 Å². The summed E-state index contributed by atoms with van der Waals surface area (Å²) in [5, 5.41) is 7.99. The molecule has 1 N–H and O–H groups in total. The quantitative estimate of drug-likeness (QED) is 0.426. The Morgan fingerprint density at radius 2 is 1.80 bits per heavy atom. The molecule has 1 aliphatic rings. The molecule has 1 fully saturated rings. The van der Waals surface area contributed by atoms with E-state index in [-0.39, 0.29) is 11.9 Å². The fourth-order valence-electron chi connectivity index (χ4n) is 4.55. The molecule has 2 aromatic carbocycles. The van der Waals surface area contributed by atoms with Crippen molar-refractivity contribution in [3.05, 3.63) is 66.7 Å². The number of nitrogens with zero attached hydrogens (tertiary/aromatic N) is 5. The second-order valence-corrected chi connectivity index (χ2v) is 8.84. The van der Waals surface area contributed by atoms with Gasteiger partial charge in [0, 0.05) is 24.0 Å². The Labute approximate surface area is 205 Å². The van der Waals surface area contributed by atoms with Gasteiger partial charge >= 0.3 is 0 Å². The summed E-state index contributed by atoms with van der Waals surface area (Å²) in [6, 6.07) is 21.4. The van der Waals surface area contributed by atoms with Crippen LogP contribution < -0.4 is 15.0 Å². The molecule has 1 amide bonds. The molecule has 5 rings (SSSR count). The second-order valence-electron chi connectivity index (χ2n) is 8.84. The first-order valence-corrected chi connectivity index (χ1v) is 11.9. The van der Waals surface area contributed by atoms with Crippen LogP contribution >= 0.6 is 0 Å². The number of pyridine rings is 1. The normalized spacial score (nSPS) is 14.7. The van der Waals surface area contributed by atoms with Crippen molar-refractivity contribution in [3.63, 3.8) is 0 Å². The van der Waals surface area contributed by atoms with Gasteiger partial charge in [0.05, 0.1) is 18.8 Å². The number of amides is 1. The summed E-state index contributed by atoms with van der Waals surface area (Å²) >= 11 is 0. The molecule has 8 nitrogen and oxygen atoms in total. The van der Waals surface area contributed by atoms with E-state index in [1.54, 1.807) is 12.0 Å². The van der Waals surface area contributed by atoms with Crippen LogP contribution in [0.25, 0.3) is 16.9 Å². The Bertz CT molecular complexity index is 1330. The van der Waals surface area contributed by atoms with Gasteiger partial charge in [0.15, 0.2) is 5.65 Å². The first kappa shape index (κ1) is 22.9. The van der Waals surface area contributed by atoms with Gasteiger partial charge < -0.3 is 15.0 Å². The minimum Gasteiger partial charge on any atom is -0.497 e. The highest BCUT2D eigenvalue weighted by Crippen LogP contribution is 2.26. The number of carbonyl (C=O) groups is 1. The predicted octanol–water partition coefficient (Wildman–Crippen LogP) is 4.60. The lowest BCUT2D eigenvalue weighted by molar-refractivity contribution is -0.122. The number of hydrogen-bond donors (Lipinski definition) is 1. The summed E-state index contributed by atoms with van der Waals surface area (Å²) in [7, 11) is 3.49. The van der Waals surface area contributed by atoms with Gasteiger partial charge in [0.1, 0.15) is 5.75 Å². The van der Waals surface area contributed by atoms with Crippen molar-refractivity contribution in [1.82, 2.24) is 19.5 Å². The molecule has 0 aliphatic carbocycles.